The molecule has 0 saturated heterocycles. The van der Waals surface area contributed by atoms with Gasteiger partial charge < -0.3 is 11.1 Å². The number of halogens is 1. The predicted octanol–water partition coefficient (Wildman–Crippen LogP) is 0.943. The van der Waals surface area contributed by atoms with Gasteiger partial charge in [0.1, 0.15) is 10.7 Å². The highest BCUT2D eigenvalue weighted by Gasteiger charge is 2.28. The summed E-state index contributed by atoms with van der Waals surface area (Å²) in [4.78, 5) is 11.4. The van der Waals surface area contributed by atoms with Crippen LogP contribution in [0.1, 0.15) is 20.8 Å². The Morgan fingerprint density at radius 1 is 1.43 bits per heavy atom. The maximum absolute atomic E-state index is 13.4. The Labute approximate surface area is 124 Å². The van der Waals surface area contributed by atoms with Gasteiger partial charge in [-0.15, -0.1) is 0 Å². The summed E-state index contributed by atoms with van der Waals surface area (Å²) < 4.78 is 39.3. The highest BCUT2D eigenvalue weighted by Crippen LogP contribution is 2.24. The Kier molecular flexibility index (Phi) is 5.68. The molecule has 0 atom stereocenters. The zero-order valence-corrected chi connectivity index (χ0v) is 13.1. The van der Waals surface area contributed by atoms with Gasteiger partial charge in [-0.25, -0.2) is 12.8 Å². The largest absolute Gasteiger partial charge is 0.395 e. The van der Waals surface area contributed by atoms with Crippen molar-refractivity contribution >= 4 is 21.6 Å². The quantitative estimate of drug-likeness (QED) is 0.764. The first kappa shape index (κ1) is 17.4. The number of para-hydroxylation sites is 1. The molecular formula is C13H20FN3O3S. The summed E-state index contributed by atoms with van der Waals surface area (Å²) in [7, 11) is -4.03. The van der Waals surface area contributed by atoms with Crippen molar-refractivity contribution < 1.29 is 17.6 Å². The highest BCUT2D eigenvalue weighted by atomic mass is 32.2. The van der Waals surface area contributed by atoms with Crippen molar-refractivity contribution in [2.75, 3.05) is 18.8 Å². The average Bonchev–Trinajstić information content (AvgIpc) is 2.37. The van der Waals surface area contributed by atoms with Crippen molar-refractivity contribution in [2.24, 2.45) is 0 Å². The first-order valence-corrected chi connectivity index (χ1v) is 7.97. The molecule has 3 N–H and O–H groups in total. The van der Waals surface area contributed by atoms with Gasteiger partial charge in [-0.3, -0.25) is 4.79 Å². The number of carbonyl (C=O) groups is 1. The summed E-state index contributed by atoms with van der Waals surface area (Å²) in [6.07, 6.45) is 0. The van der Waals surface area contributed by atoms with Gasteiger partial charge in [-0.1, -0.05) is 13.0 Å². The molecule has 8 heteroatoms. The number of sulfonamides is 1. The van der Waals surface area contributed by atoms with Crippen molar-refractivity contribution in [1.82, 2.24) is 9.62 Å². The molecule has 0 saturated carbocycles. The van der Waals surface area contributed by atoms with E-state index < -0.39 is 27.4 Å². The third-order valence-electron chi connectivity index (χ3n) is 2.75. The second-order valence-electron chi connectivity index (χ2n) is 4.81. The van der Waals surface area contributed by atoms with Gasteiger partial charge in [-0.05, 0) is 26.0 Å². The molecular weight excluding hydrogens is 297 g/mol. The van der Waals surface area contributed by atoms with E-state index in [1.54, 1.807) is 20.8 Å². The molecule has 0 spiro atoms. The second kappa shape index (κ2) is 6.86. The summed E-state index contributed by atoms with van der Waals surface area (Å²) in [6.45, 7) is 4.87. The number of carbonyl (C=O) groups excluding carboxylic acids is 1. The lowest BCUT2D eigenvalue weighted by Gasteiger charge is -2.21. The van der Waals surface area contributed by atoms with Crippen molar-refractivity contribution in [1.29, 1.82) is 0 Å². The Hall–Kier alpha value is -1.67. The van der Waals surface area contributed by atoms with Crippen LogP contribution in [-0.2, 0) is 14.8 Å². The van der Waals surface area contributed by atoms with Crippen LogP contribution in [0.2, 0.25) is 0 Å². The van der Waals surface area contributed by atoms with Crippen LogP contribution in [0.4, 0.5) is 10.1 Å². The van der Waals surface area contributed by atoms with Crippen molar-refractivity contribution in [2.45, 2.75) is 31.7 Å². The highest BCUT2D eigenvalue weighted by molar-refractivity contribution is 7.89. The monoisotopic (exact) mass is 317 g/mol. The SMILES string of the molecule is CCN(CC(=O)NC(C)C)S(=O)(=O)c1cccc(F)c1N. The summed E-state index contributed by atoms with van der Waals surface area (Å²) in [6, 6.07) is 3.46. The van der Waals surface area contributed by atoms with E-state index in [0.29, 0.717) is 0 Å². The molecule has 1 rings (SSSR count). The fourth-order valence-corrected chi connectivity index (χ4v) is 3.31. The fourth-order valence-electron chi connectivity index (χ4n) is 1.78. The molecule has 21 heavy (non-hydrogen) atoms. The molecule has 6 nitrogen and oxygen atoms in total. The van der Waals surface area contributed by atoms with E-state index in [9.17, 15) is 17.6 Å². The number of nitrogens with zero attached hydrogens (tertiary/aromatic N) is 1. The van der Waals surface area contributed by atoms with Crippen LogP contribution >= 0.6 is 0 Å². The Balaban J connectivity index is 3.08. The smallest absolute Gasteiger partial charge is 0.245 e. The maximum atomic E-state index is 13.4. The number of nitrogens with one attached hydrogen (secondary N) is 1. The van der Waals surface area contributed by atoms with E-state index in [-0.39, 0.29) is 24.0 Å². The van der Waals surface area contributed by atoms with Crippen LogP contribution in [-0.4, -0.2) is 37.8 Å². The average molecular weight is 317 g/mol. The number of hydrogen-bond acceptors (Lipinski definition) is 4. The van der Waals surface area contributed by atoms with Crippen LogP contribution in [0.15, 0.2) is 23.1 Å². The van der Waals surface area contributed by atoms with E-state index in [1.807, 2.05) is 0 Å². The van der Waals surface area contributed by atoms with E-state index in [4.69, 9.17) is 5.73 Å². The minimum absolute atomic E-state index is 0.0732. The molecule has 0 fully saturated rings. The minimum Gasteiger partial charge on any atom is -0.395 e. The number of rotatable bonds is 6. The van der Waals surface area contributed by atoms with E-state index >= 15 is 0 Å². The lowest BCUT2D eigenvalue weighted by Crippen LogP contribution is -2.42. The zero-order chi connectivity index (χ0) is 16.2. The molecule has 1 aromatic carbocycles. The summed E-state index contributed by atoms with van der Waals surface area (Å²) in [5, 5.41) is 2.61. The molecule has 1 amide bonds. The van der Waals surface area contributed by atoms with Crippen LogP contribution < -0.4 is 11.1 Å². The van der Waals surface area contributed by atoms with Crippen molar-refractivity contribution in [3.05, 3.63) is 24.0 Å². The number of hydrogen-bond donors (Lipinski definition) is 2. The molecule has 1 aromatic rings. The first-order chi connectivity index (χ1) is 9.70. The third-order valence-corrected chi connectivity index (χ3v) is 4.73. The number of benzene rings is 1. The number of nitrogen functional groups attached to an aromatic ring is 1. The van der Waals surface area contributed by atoms with Gasteiger partial charge in [0.05, 0.1) is 12.2 Å². The number of anilines is 1. The molecule has 0 unspecified atom stereocenters. The summed E-state index contributed by atoms with van der Waals surface area (Å²) in [5.41, 5.74) is 5.05. The molecule has 0 aliphatic heterocycles. The Bertz CT molecular complexity index is 617. The normalized spacial score (nSPS) is 11.9. The molecule has 0 radical (unpaired) electrons. The van der Waals surface area contributed by atoms with Gasteiger partial charge in [0.25, 0.3) is 0 Å². The standard InChI is InChI=1S/C13H20FN3O3S/c1-4-17(8-12(18)16-9(2)3)21(19,20)11-7-5-6-10(14)13(11)15/h5-7,9H,4,8,15H2,1-3H3,(H,16,18). The number of nitrogens with two attached hydrogens (primary N) is 1. The topological polar surface area (TPSA) is 92.5 Å². The molecule has 0 aliphatic carbocycles. The predicted molar refractivity (Wildman–Crippen MR) is 78.5 cm³/mol. The number of amides is 1. The summed E-state index contributed by atoms with van der Waals surface area (Å²) in [5.74, 6) is -1.23. The van der Waals surface area contributed by atoms with Crippen molar-refractivity contribution in [3.63, 3.8) is 0 Å². The molecule has 0 bridgehead atoms. The van der Waals surface area contributed by atoms with Crippen molar-refractivity contribution in [3.8, 4) is 0 Å². The molecule has 0 aliphatic rings. The number of likely N-dealkylation sites (N-methyl/N-ethyl adjacent to an activating group) is 1. The second-order valence-corrected chi connectivity index (χ2v) is 6.71. The van der Waals surface area contributed by atoms with Crippen LogP contribution in [0.25, 0.3) is 0 Å². The zero-order valence-electron chi connectivity index (χ0n) is 12.3. The van der Waals surface area contributed by atoms with Crippen LogP contribution in [0.5, 0.6) is 0 Å². The van der Waals surface area contributed by atoms with Gasteiger partial charge >= 0.3 is 0 Å². The molecule has 0 heterocycles. The van der Waals surface area contributed by atoms with Crippen LogP contribution in [0, 0.1) is 5.82 Å². The van der Waals surface area contributed by atoms with Gasteiger partial charge in [0.2, 0.25) is 15.9 Å². The minimum atomic E-state index is -4.03. The van der Waals surface area contributed by atoms with E-state index in [1.165, 1.54) is 12.1 Å². The molecule has 0 aromatic heterocycles. The lowest BCUT2D eigenvalue weighted by molar-refractivity contribution is -0.121. The lowest BCUT2D eigenvalue weighted by atomic mass is 10.3. The van der Waals surface area contributed by atoms with E-state index in [2.05, 4.69) is 5.32 Å². The summed E-state index contributed by atoms with van der Waals surface area (Å²) >= 11 is 0. The maximum Gasteiger partial charge on any atom is 0.245 e. The molecule has 118 valence electrons. The third kappa shape index (κ3) is 4.15. The van der Waals surface area contributed by atoms with Gasteiger partial charge in [-0.2, -0.15) is 4.31 Å². The van der Waals surface area contributed by atoms with Gasteiger partial charge in [0, 0.05) is 12.6 Å². The Morgan fingerprint density at radius 3 is 2.57 bits per heavy atom. The fraction of sp³-hybridized carbons (Fsp3) is 0.462. The first-order valence-electron chi connectivity index (χ1n) is 6.53. The Morgan fingerprint density at radius 2 is 2.05 bits per heavy atom. The van der Waals surface area contributed by atoms with Crippen LogP contribution in [0.3, 0.4) is 0 Å². The van der Waals surface area contributed by atoms with Gasteiger partial charge in [0.15, 0.2) is 0 Å². The van der Waals surface area contributed by atoms with E-state index in [0.717, 1.165) is 10.4 Å².